The van der Waals surface area contributed by atoms with Gasteiger partial charge in [0.15, 0.2) is 0 Å². The SMILES string of the molecule is COc1ccc2c(c1)N(CCNC(C)(C)C)C(=O)C2=O. The number of amides is 1. The Kier molecular flexibility index (Phi) is 3.81. The molecule has 0 fully saturated rings. The van der Waals surface area contributed by atoms with Crippen molar-refractivity contribution < 1.29 is 14.3 Å². The highest BCUT2D eigenvalue weighted by molar-refractivity contribution is 6.52. The average molecular weight is 276 g/mol. The molecule has 1 amide bonds. The monoisotopic (exact) mass is 276 g/mol. The molecule has 0 aliphatic carbocycles. The number of hydrogen-bond donors (Lipinski definition) is 1. The molecule has 0 saturated carbocycles. The number of rotatable bonds is 4. The second kappa shape index (κ2) is 5.25. The lowest BCUT2D eigenvalue weighted by molar-refractivity contribution is -0.114. The number of nitrogens with one attached hydrogen (secondary N) is 1. The van der Waals surface area contributed by atoms with Gasteiger partial charge >= 0.3 is 0 Å². The highest BCUT2D eigenvalue weighted by Gasteiger charge is 2.35. The van der Waals surface area contributed by atoms with Crippen molar-refractivity contribution in [1.82, 2.24) is 5.32 Å². The summed E-state index contributed by atoms with van der Waals surface area (Å²) >= 11 is 0. The van der Waals surface area contributed by atoms with Crippen LogP contribution in [0.1, 0.15) is 31.1 Å². The molecule has 0 aromatic heterocycles. The first-order valence-electron chi connectivity index (χ1n) is 6.63. The maximum absolute atomic E-state index is 12.0. The van der Waals surface area contributed by atoms with Gasteiger partial charge in [0.2, 0.25) is 0 Å². The lowest BCUT2D eigenvalue weighted by atomic mass is 10.1. The average Bonchev–Trinajstić information content (AvgIpc) is 2.62. The number of fused-ring (bicyclic) bond motifs is 1. The summed E-state index contributed by atoms with van der Waals surface area (Å²) in [4.78, 5) is 25.5. The van der Waals surface area contributed by atoms with Crippen molar-refractivity contribution in [3.63, 3.8) is 0 Å². The van der Waals surface area contributed by atoms with Crippen molar-refractivity contribution in [2.75, 3.05) is 25.1 Å². The normalized spacial score (nSPS) is 14.7. The molecule has 1 N–H and O–H groups in total. The predicted molar refractivity (Wildman–Crippen MR) is 77.4 cm³/mol. The lowest BCUT2D eigenvalue weighted by Gasteiger charge is -2.23. The minimum atomic E-state index is -0.469. The Morgan fingerprint density at radius 3 is 2.55 bits per heavy atom. The van der Waals surface area contributed by atoms with Gasteiger partial charge in [-0.1, -0.05) is 0 Å². The van der Waals surface area contributed by atoms with Gasteiger partial charge in [-0.25, -0.2) is 0 Å². The Bertz CT molecular complexity index is 547. The molecule has 5 heteroatoms. The first-order valence-corrected chi connectivity index (χ1v) is 6.63. The molecule has 20 heavy (non-hydrogen) atoms. The molecule has 0 unspecified atom stereocenters. The van der Waals surface area contributed by atoms with Crippen LogP contribution in [0, 0.1) is 0 Å². The van der Waals surface area contributed by atoms with Crippen LogP contribution >= 0.6 is 0 Å². The first kappa shape index (κ1) is 14.5. The van der Waals surface area contributed by atoms with E-state index >= 15 is 0 Å². The quantitative estimate of drug-likeness (QED) is 0.849. The summed E-state index contributed by atoms with van der Waals surface area (Å²) in [6.45, 7) is 7.25. The number of anilines is 1. The van der Waals surface area contributed by atoms with Gasteiger partial charge < -0.3 is 15.0 Å². The van der Waals surface area contributed by atoms with Crippen molar-refractivity contribution in [3.8, 4) is 5.75 Å². The molecule has 5 nitrogen and oxygen atoms in total. The largest absolute Gasteiger partial charge is 0.497 e. The molecule has 1 heterocycles. The first-order chi connectivity index (χ1) is 9.33. The Hall–Kier alpha value is -1.88. The van der Waals surface area contributed by atoms with Gasteiger partial charge in [0.1, 0.15) is 5.75 Å². The van der Waals surface area contributed by atoms with Gasteiger partial charge in [-0.2, -0.15) is 0 Å². The number of carbonyl (C=O) groups excluding carboxylic acids is 2. The number of hydrogen-bond acceptors (Lipinski definition) is 4. The summed E-state index contributed by atoms with van der Waals surface area (Å²) in [6.07, 6.45) is 0. The number of Topliss-reactive ketones (excluding diaryl/α,β-unsaturated/α-hetero) is 1. The van der Waals surface area contributed by atoms with E-state index in [2.05, 4.69) is 26.1 Å². The highest BCUT2D eigenvalue weighted by Crippen LogP contribution is 2.32. The van der Waals surface area contributed by atoms with E-state index in [1.54, 1.807) is 25.3 Å². The zero-order valence-corrected chi connectivity index (χ0v) is 12.3. The molecule has 0 bridgehead atoms. The van der Waals surface area contributed by atoms with Crippen LogP contribution < -0.4 is 15.0 Å². The second-order valence-corrected chi connectivity index (χ2v) is 5.85. The Morgan fingerprint density at radius 1 is 1.25 bits per heavy atom. The summed E-state index contributed by atoms with van der Waals surface area (Å²) in [5.74, 6) is -0.276. The summed E-state index contributed by atoms with van der Waals surface area (Å²) in [5, 5.41) is 3.31. The number of benzene rings is 1. The number of ketones is 1. The van der Waals surface area contributed by atoms with Crippen molar-refractivity contribution in [3.05, 3.63) is 23.8 Å². The van der Waals surface area contributed by atoms with E-state index in [4.69, 9.17) is 4.74 Å². The fraction of sp³-hybridized carbons (Fsp3) is 0.467. The van der Waals surface area contributed by atoms with Crippen LogP contribution in [0.25, 0.3) is 0 Å². The third-order valence-electron chi connectivity index (χ3n) is 3.17. The minimum absolute atomic E-state index is 0.0238. The highest BCUT2D eigenvalue weighted by atomic mass is 16.5. The van der Waals surface area contributed by atoms with Gasteiger partial charge in [-0.05, 0) is 32.9 Å². The van der Waals surface area contributed by atoms with Gasteiger partial charge in [-0.15, -0.1) is 0 Å². The summed E-state index contributed by atoms with van der Waals surface area (Å²) < 4.78 is 5.15. The molecule has 0 radical (unpaired) electrons. The Morgan fingerprint density at radius 2 is 1.95 bits per heavy atom. The number of ether oxygens (including phenoxy) is 1. The van der Waals surface area contributed by atoms with Crippen molar-refractivity contribution >= 4 is 17.4 Å². The molecule has 0 saturated heterocycles. The summed E-state index contributed by atoms with van der Waals surface area (Å²) in [7, 11) is 1.56. The van der Waals surface area contributed by atoms with Crippen LogP contribution in [0.5, 0.6) is 5.75 Å². The van der Waals surface area contributed by atoms with E-state index in [0.29, 0.717) is 30.1 Å². The second-order valence-electron chi connectivity index (χ2n) is 5.85. The maximum atomic E-state index is 12.0. The van der Waals surface area contributed by atoms with Crippen LogP contribution in [-0.2, 0) is 4.79 Å². The third-order valence-corrected chi connectivity index (χ3v) is 3.17. The zero-order chi connectivity index (χ0) is 14.9. The molecule has 1 aromatic carbocycles. The van der Waals surface area contributed by atoms with Crippen LogP contribution in [0.4, 0.5) is 5.69 Å². The molecular formula is C15H20N2O3. The van der Waals surface area contributed by atoms with Crippen molar-refractivity contribution in [1.29, 1.82) is 0 Å². The minimum Gasteiger partial charge on any atom is -0.497 e. The van der Waals surface area contributed by atoms with Gasteiger partial charge in [0.25, 0.3) is 11.7 Å². The van der Waals surface area contributed by atoms with Crippen LogP contribution in [0.15, 0.2) is 18.2 Å². The van der Waals surface area contributed by atoms with E-state index in [0.717, 1.165) is 0 Å². The number of methoxy groups -OCH3 is 1. The standard InChI is InChI=1S/C15H20N2O3/c1-15(2,3)16-7-8-17-12-9-10(20-4)5-6-11(12)13(18)14(17)19/h5-6,9,16H,7-8H2,1-4H3. The Balaban J connectivity index is 2.19. The van der Waals surface area contributed by atoms with Crippen LogP contribution in [-0.4, -0.2) is 37.4 Å². The predicted octanol–water partition coefficient (Wildman–Crippen LogP) is 1.61. The molecule has 1 aliphatic rings. The van der Waals surface area contributed by atoms with E-state index in [1.165, 1.54) is 4.90 Å². The lowest BCUT2D eigenvalue weighted by Crippen LogP contribution is -2.42. The number of nitrogens with zero attached hydrogens (tertiary/aromatic N) is 1. The van der Waals surface area contributed by atoms with Crippen molar-refractivity contribution in [2.45, 2.75) is 26.3 Å². The molecule has 0 atom stereocenters. The molecule has 1 aromatic rings. The van der Waals surface area contributed by atoms with Gasteiger partial charge in [0.05, 0.1) is 18.4 Å². The fourth-order valence-electron chi connectivity index (χ4n) is 2.17. The zero-order valence-electron chi connectivity index (χ0n) is 12.3. The third kappa shape index (κ3) is 2.82. The van der Waals surface area contributed by atoms with E-state index < -0.39 is 11.7 Å². The van der Waals surface area contributed by atoms with E-state index in [1.807, 2.05) is 0 Å². The van der Waals surface area contributed by atoms with Gasteiger partial charge in [0, 0.05) is 24.7 Å². The van der Waals surface area contributed by atoms with E-state index in [9.17, 15) is 9.59 Å². The van der Waals surface area contributed by atoms with Crippen LogP contribution in [0.3, 0.4) is 0 Å². The number of carbonyl (C=O) groups is 2. The maximum Gasteiger partial charge on any atom is 0.299 e. The molecule has 108 valence electrons. The summed E-state index contributed by atoms with van der Waals surface area (Å²) in [5.41, 5.74) is 1.06. The topological polar surface area (TPSA) is 58.6 Å². The fourth-order valence-corrected chi connectivity index (χ4v) is 2.17. The molecular weight excluding hydrogens is 256 g/mol. The van der Waals surface area contributed by atoms with Crippen molar-refractivity contribution in [2.24, 2.45) is 0 Å². The molecule has 1 aliphatic heterocycles. The molecule has 0 spiro atoms. The van der Waals surface area contributed by atoms with E-state index in [-0.39, 0.29) is 5.54 Å². The van der Waals surface area contributed by atoms with Crippen LogP contribution in [0.2, 0.25) is 0 Å². The van der Waals surface area contributed by atoms with Gasteiger partial charge in [-0.3, -0.25) is 9.59 Å². The molecule has 2 rings (SSSR count). The Labute approximate surface area is 118 Å². The summed E-state index contributed by atoms with van der Waals surface area (Å²) in [6, 6.07) is 5.07. The smallest absolute Gasteiger partial charge is 0.299 e.